The lowest BCUT2D eigenvalue weighted by Crippen LogP contribution is -2.36. The highest BCUT2D eigenvalue weighted by atomic mass is 28.4. The third-order valence-corrected chi connectivity index (χ3v) is 5.31. The lowest BCUT2D eigenvalue weighted by Gasteiger charge is -2.22. The Labute approximate surface area is 86.3 Å². The lowest BCUT2D eigenvalue weighted by atomic mass is 10.3. The summed E-state index contributed by atoms with van der Waals surface area (Å²) in [5, 5.41) is 0. The SMILES string of the molecule is CO[Si](C)(CCc1ccccn1)OC. The first kappa shape index (κ1) is 11.4. The van der Waals surface area contributed by atoms with Gasteiger partial charge in [0.25, 0.3) is 0 Å². The minimum Gasteiger partial charge on any atom is -0.398 e. The monoisotopic (exact) mass is 211 g/mol. The average Bonchev–Trinajstić information content (AvgIpc) is 2.27. The molecule has 0 atom stereocenters. The van der Waals surface area contributed by atoms with Crippen LogP contribution in [0.5, 0.6) is 0 Å². The molecule has 1 rings (SSSR count). The summed E-state index contributed by atoms with van der Waals surface area (Å²) in [6, 6.07) is 6.89. The molecular weight excluding hydrogens is 194 g/mol. The molecule has 0 saturated carbocycles. The molecule has 0 saturated heterocycles. The molecule has 0 aliphatic heterocycles. The van der Waals surface area contributed by atoms with Crippen molar-refractivity contribution in [1.82, 2.24) is 4.98 Å². The zero-order valence-electron chi connectivity index (χ0n) is 8.99. The van der Waals surface area contributed by atoms with Crippen molar-refractivity contribution in [2.45, 2.75) is 19.0 Å². The van der Waals surface area contributed by atoms with Crippen molar-refractivity contribution < 1.29 is 8.85 Å². The highest BCUT2D eigenvalue weighted by Crippen LogP contribution is 2.14. The third kappa shape index (κ3) is 3.21. The van der Waals surface area contributed by atoms with E-state index in [0.29, 0.717) is 0 Å². The molecular formula is C10H17NO2Si. The van der Waals surface area contributed by atoms with Gasteiger partial charge < -0.3 is 8.85 Å². The van der Waals surface area contributed by atoms with Crippen LogP contribution in [0, 0.1) is 0 Å². The van der Waals surface area contributed by atoms with Crippen molar-refractivity contribution in [3.8, 4) is 0 Å². The molecule has 1 heterocycles. The van der Waals surface area contributed by atoms with Gasteiger partial charge in [-0.15, -0.1) is 0 Å². The number of hydrogen-bond acceptors (Lipinski definition) is 3. The summed E-state index contributed by atoms with van der Waals surface area (Å²) in [5.74, 6) is 0. The van der Waals surface area contributed by atoms with Gasteiger partial charge in [0.15, 0.2) is 0 Å². The van der Waals surface area contributed by atoms with E-state index in [2.05, 4.69) is 11.5 Å². The summed E-state index contributed by atoms with van der Waals surface area (Å²) in [6.45, 7) is 2.07. The Kier molecular flexibility index (Phi) is 4.25. The second-order valence-corrected chi connectivity index (χ2v) is 6.95. The number of rotatable bonds is 5. The van der Waals surface area contributed by atoms with Gasteiger partial charge in [0, 0.05) is 26.1 Å². The molecule has 0 aliphatic carbocycles. The molecule has 0 aromatic carbocycles. The van der Waals surface area contributed by atoms with E-state index in [1.165, 1.54) is 0 Å². The molecule has 0 N–H and O–H groups in total. The van der Waals surface area contributed by atoms with Gasteiger partial charge >= 0.3 is 8.56 Å². The topological polar surface area (TPSA) is 31.4 Å². The maximum absolute atomic E-state index is 5.40. The predicted molar refractivity (Wildman–Crippen MR) is 58.4 cm³/mol. The molecule has 4 heteroatoms. The Balaban J connectivity index is 2.48. The van der Waals surface area contributed by atoms with Crippen LogP contribution in [-0.4, -0.2) is 27.8 Å². The first-order valence-electron chi connectivity index (χ1n) is 4.70. The molecule has 0 unspecified atom stereocenters. The fourth-order valence-corrected chi connectivity index (χ4v) is 2.47. The van der Waals surface area contributed by atoms with E-state index in [-0.39, 0.29) is 0 Å². The third-order valence-electron chi connectivity index (χ3n) is 2.43. The van der Waals surface area contributed by atoms with E-state index < -0.39 is 8.56 Å². The van der Waals surface area contributed by atoms with Crippen molar-refractivity contribution in [2.75, 3.05) is 14.2 Å². The highest BCUT2D eigenvalue weighted by Gasteiger charge is 2.28. The van der Waals surface area contributed by atoms with Crippen molar-refractivity contribution in [1.29, 1.82) is 0 Å². The van der Waals surface area contributed by atoms with E-state index >= 15 is 0 Å². The van der Waals surface area contributed by atoms with Gasteiger partial charge in [-0.2, -0.15) is 0 Å². The number of aryl methyl sites for hydroxylation is 1. The Morgan fingerprint density at radius 1 is 1.29 bits per heavy atom. The van der Waals surface area contributed by atoms with Gasteiger partial charge in [0.2, 0.25) is 0 Å². The average molecular weight is 211 g/mol. The molecule has 0 fully saturated rings. The van der Waals surface area contributed by atoms with E-state index in [9.17, 15) is 0 Å². The Bertz CT molecular complexity index is 262. The minimum atomic E-state index is -1.92. The van der Waals surface area contributed by atoms with Crippen molar-refractivity contribution >= 4 is 8.56 Å². The Morgan fingerprint density at radius 2 is 2.00 bits per heavy atom. The van der Waals surface area contributed by atoms with E-state index in [4.69, 9.17) is 8.85 Å². The summed E-state index contributed by atoms with van der Waals surface area (Å²) < 4.78 is 10.8. The quantitative estimate of drug-likeness (QED) is 0.698. The van der Waals surface area contributed by atoms with Gasteiger partial charge in [-0.1, -0.05) is 6.07 Å². The van der Waals surface area contributed by atoms with E-state index in [1.54, 1.807) is 14.2 Å². The summed E-state index contributed by atoms with van der Waals surface area (Å²) in [4.78, 5) is 4.26. The number of hydrogen-bond donors (Lipinski definition) is 0. The Hall–Kier alpha value is -0.713. The number of pyridine rings is 1. The zero-order chi connectivity index (χ0) is 10.4. The van der Waals surface area contributed by atoms with Crippen LogP contribution >= 0.6 is 0 Å². The largest absolute Gasteiger partial charge is 0.398 e. The molecule has 78 valence electrons. The van der Waals surface area contributed by atoms with Gasteiger partial charge in [0.05, 0.1) is 0 Å². The van der Waals surface area contributed by atoms with Gasteiger partial charge in [-0.25, -0.2) is 0 Å². The molecule has 0 amide bonds. The minimum absolute atomic E-state index is 0.922. The van der Waals surface area contributed by atoms with Crippen LogP contribution in [0.15, 0.2) is 24.4 Å². The summed E-state index contributed by atoms with van der Waals surface area (Å²) >= 11 is 0. The van der Waals surface area contributed by atoms with Crippen LogP contribution < -0.4 is 0 Å². The smallest absolute Gasteiger partial charge is 0.334 e. The van der Waals surface area contributed by atoms with E-state index in [0.717, 1.165) is 18.2 Å². The van der Waals surface area contributed by atoms with Crippen molar-refractivity contribution in [3.63, 3.8) is 0 Å². The molecule has 0 spiro atoms. The maximum Gasteiger partial charge on any atom is 0.334 e. The van der Waals surface area contributed by atoms with Crippen LogP contribution in [-0.2, 0) is 15.3 Å². The van der Waals surface area contributed by atoms with Crippen molar-refractivity contribution in [3.05, 3.63) is 30.1 Å². The fraction of sp³-hybridized carbons (Fsp3) is 0.500. The second-order valence-electron chi connectivity index (χ2n) is 3.36. The van der Waals surface area contributed by atoms with Crippen LogP contribution in [0.25, 0.3) is 0 Å². The molecule has 1 aromatic heterocycles. The number of nitrogens with zero attached hydrogens (tertiary/aromatic N) is 1. The van der Waals surface area contributed by atoms with Gasteiger partial charge in [0.1, 0.15) is 0 Å². The molecule has 0 radical (unpaired) electrons. The predicted octanol–water partition coefficient (Wildman–Crippen LogP) is 1.99. The molecule has 14 heavy (non-hydrogen) atoms. The highest BCUT2D eigenvalue weighted by molar-refractivity contribution is 6.65. The van der Waals surface area contributed by atoms with Crippen LogP contribution in [0.1, 0.15) is 5.69 Å². The molecule has 0 aliphatic rings. The van der Waals surface area contributed by atoms with Crippen LogP contribution in [0.4, 0.5) is 0 Å². The molecule has 0 bridgehead atoms. The van der Waals surface area contributed by atoms with Crippen molar-refractivity contribution in [2.24, 2.45) is 0 Å². The standard InChI is InChI=1S/C10H17NO2Si/c1-12-14(3,13-2)9-7-10-6-4-5-8-11-10/h4-6,8H,7,9H2,1-3H3. The Morgan fingerprint density at radius 3 is 2.50 bits per heavy atom. The normalized spacial score (nSPS) is 11.6. The second kappa shape index (κ2) is 5.24. The maximum atomic E-state index is 5.40. The fourth-order valence-electron chi connectivity index (χ4n) is 1.19. The zero-order valence-corrected chi connectivity index (χ0v) is 9.99. The first-order valence-corrected chi connectivity index (χ1v) is 7.23. The molecule has 3 nitrogen and oxygen atoms in total. The van der Waals surface area contributed by atoms with Gasteiger partial charge in [-0.05, 0) is 31.1 Å². The lowest BCUT2D eigenvalue weighted by molar-refractivity contribution is 0.249. The number of aromatic nitrogens is 1. The first-order chi connectivity index (χ1) is 6.70. The van der Waals surface area contributed by atoms with Crippen LogP contribution in [0.2, 0.25) is 12.6 Å². The summed E-state index contributed by atoms with van der Waals surface area (Å²) in [7, 11) is 1.51. The molecule has 1 aromatic rings. The van der Waals surface area contributed by atoms with E-state index in [1.807, 2.05) is 24.4 Å². The summed E-state index contributed by atoms with van der Waals surface area (Å²) in [6.07, 6.45) is 2.74. The van der Waals surface area contributed by atoms with Gasteiger partial charge in [-0.3, -0.25) is 4.98 Å². The van der Waals surface area contributed by atoms with Crippen LogP contribution in [0.3, 0.4) is 0 Å². The summed E-state index contributed by atoms with van der Waals surface area (Å²) in [5.41, 5.74) is 1.10.